The maximum atomic E-state index is 11.5. The summed E-state index contributed by atoms with van der Waals surface area (Å²) in [7, 11) is 0. The summed E-state index contributed by atoms with van der Waals surface area (Å²) in [5.74, 6) is -0.681. The molecule has 0 fully saturated rings. The van der Waals surface area contributed by atoms with Gasteiger partial charge in [0.1, 0.15) is 11.1 Å². The number of carbonyl (C=O) groups is 2. The Balaban J connectivity index is 2.82. The van der Waals surface area contributed by atoms with Crippen LogP contribution in [0.4, 0.5) is 0 Å². The number of carbonyl (C=O) groups excluding carboxylic acids is 2. The second kappa shape index (κ2) is 6.31. The number of amides is 1. The van der Waals surface area contributed by atoms with E-state index in [2.05, 4.69) is 10.3 Å². The van der Waals surface area contributed by atoms with Gasteiger partial charge in [-0.2, -0.15) is 0 Å². The van der Waals surface area contributed by atoms with Crippen molar-refractivity contribution in [3.8, 4) is 0 Å². The molecular weight excluding hydrogens is 244 g/mol. The summed E-state index contributed by atoms with van der Waals surface area (Å²) >= 11 is 1.22. The predicted molar refractivity (Wildman–Crippen MR) is 61.4 cm³/mol. The van der Waals surface area contributed by atoms with E-state index in [1.165, 1.54) is 11.3 Å². The van der Waals surface area contributed by atoms with Crippen LogP contribution < -0.4 is 5.32 Å². The average molecular weight is 258 g/mol. The fraction of sp³-hybridized carbons (Fsp3) is 0.500. The molecule has 1 heterocycles. The number of hydrogen-bond donors (Lipinski definition) is 2. The number of esters is 1. The van der Waals surface area contributed by atoms with Gasteiger partial charge >= 0.3 is 5.97 Å². The molecule has 0 saturated heterocycles. The molecule has 7 heteroatoms. The lowest BCUT2D eigenvalue weighted by Crippen LogP contribution is -2.42. The summed E-state index contributed by atoms with van der Waals surface area (Å²) in [6.45, 7) is 3.61. The molecule has 2 atom stereocenters. The summed E-state index contributed by atoms with van der Waals surface area (Å²) < 4.78 is 4.76. The van der Waals surface area contributed by atoms with Crippen LogP contribution in [-0.2, 0) is 14.3 Å². The van der Waals surface area contributed by atoms with Gasteiger partial charge in [-0.25, -0.2) is 9.78 Å². The van der Waals surface area contributed by atoms with Crippen LogP contribution in [0.1, 0.15) is 23.7 Å². The molecule has 0 spiro atoms. The summed E-state index contributed by atoms with van der Waals surface area (Å²) in [4.78, 5) is 26.0. The quantitative estimate of drug-likeness (QED) is 0.560. The Hall–Kier alpha value is -1.47. The van der Waals surface area contributed by atoms with Crippen LogP contribution in [0.25, 0.3) is 0 Å². The van der Waals surface area contributed by atoms with Crippen LogP contribution in [0.15, 0.2) is 5.38 Å². The third-order valence-electron chi connectivity index (χ3n) is 1.99. The van der Waals surface area contributed by atoms with E-state index < -0.39 is 18.1 Å². The molecule has 2 unspecified atom stereocenters. The maximum Gasteiger partial charge on any atom is 0.331 e. The van der Waals surface area contributed by atoms with Crippen molar-refractivity contribution in [2.45, 2.75) is 26.0 Å². The van der Waals surface area contributed by atoms with Gasteiger partial charge in [-0.15, -0.1) is 11.3 Å². The topological polar surface area (TPSA) is 88.5 Å². The van der Waals surface area contributed by atoms with Gasteiger partial charge in [0.05, 0.1) is 6.61 Å². The molecule has 1 rings (SSSR count). The minimum absolute atomic E-state index is 0.180. The van der Waals surface area contributed by atoms with Gasteiger partial charge in [0, 0.05) is 11.1 Å². The van der Waals surface area contributed by atoms with Crippen LogP contribution >= 0.6 is 11.3 Å². The third-order valence-corrected chi connectivity index (χ3v) is 3.03. The molecule has 0 radical (unpaired) electrons. The first-order valence-electron chi connectivity index (χ1n) is 5.06. The molecule has 1 amide bonds. The minimum atomic E-state index is -1.20. The number of aliphatic hydroxyl groups excluding tert-OH is 1. The number of ether oxygens (including phenoxy) is 1. The Morgan fingerprint density at radius 3 is 2.94 bits per heavy atom. The van der Waals surface area contributed by atoms with Gasteiger partial charge in [-0.3, -0.25) is 4.79 Å². The van der Waals surface area contributed by atoms with Crippen LogP contribution in [0.3, 0.4) is 0 Å². The van der Waals surface area contributed by atoms with E-state index in [-0.39, 0.29) is 6.61 Å². The average Bonchev–Trinajstić information content (AvgIpc) is 2.72. The number of aromatic nitrogens is 1. The first-order valence-corrected chi connectivity index (χ1v) is 5.94. The van der Waals surface area contributed by atoms with Crippen LogP contribution in [0.5, 0.6) is 0 Å². The number of hydrogen-bond acceptors (Lipinski definition) is 6. The summed E-state index contributed by atoms with van der Waals surface area (Å²) in [6, 6.07) is -1.13. The molecule has 6 nitrogen and oxygen atoms in total. The number of nitrogens with one attached hydrogen (secondary N) is 1. The molecule has 0 bridgehead atoms. The Kier molecular flexibility index (Phi) is 5.05. The minimum Gasteiger partial charge on any atom is -0.464 e. The zero-order chi connectivity index (χ0) is 12.8. The van der Waals surface area contributed by atoms with Crippen LogP contribution in [0, 0.1) is 6.92 Å². The smallest absolute Gasteiger partial charge is 0.331 e. The molecule has 94 valence electrons. The van der Waals surface area contributed by atoms with Crippen molar-refractivity contribution in [3.05, 3.63) is 16.1 Å². The number of thiazole rings is 1. The highest BCUT2D eigenvalue weighted by molar-refractivity contribution is 7.09. The lowest BCUT2D eigenvalue weighted by atomic mass is 10.1. The maximum absolute atomic E-state index is 11.5. The molecule has 0 aliphatic rings. The molecule has 0 aliphatic carbocycles. The lowest BCUT2D eigenvalue weighted by Gasteiger charge is -2.18. The van der Waals surface area contributed by atoms with E-state index in [9.17, 15) is 14.7 Å². The fourth-order valence-electron chi connectivity index (χ4n) is 1.24. The summed E-state index contributed by atoms with van der Waals surface area (Å²) in [6.07, 6.45) is -0.844. The normalized spacial score (nSPS) is 13.8. The molecule has 1 aromatic rings. The van der Waals surface area contributed by atoms with E-state index >= 15 is 0 Å². The van der Waals surface area contributed by atoms with Gasteiger partial charge in [0.25, 0.3) is 0 Å². The van der Waals surface area contributed by atoms with Gasteiger partial charge in [0.15, 0.2) is 6.04 Å². The second-order valence-corrected chi connectivity index (χ2v) is 4.18. The number of aliphatic hydroxyl groups is 1. The van der Waals surface area contributed by atoms with Crippen molar-refractivity contribution in [3.63, 3.8) is 0 Å². The molecule has 1 aromatic heterocycles. The highest BCUT2D eigenvalue weighted by Gasteiger charge is 2.30. The van der Waals surface area contributed by atoms with Gasteiger partial charge in [0.2, 0.25) is 6.41 Å². The molecule has 17 heavy (non-hydrogen) atoms. The largest absolute Gasteiger partial charge is 0.464 e. The first-order chi connectivity index (χ1) is 8.10. The Bertz CT molecular complexity index is 393. The molecular formula is C10H14N2O4S. The lowest BCUT2D eigenvalue weighted by molar-refractivity contribution is -0.149. The highest BCUT2D eigenvalue weighted by Crippen LogP contribution is 2.21. The van der Waals surface area contributed by atoms with E-state index in [0.29, 0.717) is 11.4 Å². The standard InChI is InChI=1S/C10H14N2O4S/c1-3-16-10(15)7(11-5-13)8(14)9-12-6(2)4-17-9/h4-5,7-8,14H,3H2,1-2H3,(H,11,13). The monoisotopic (exact) mass is 258 g/mol. The van der Waals surface area contributed by atoms with Crippen molar-refractivity contribution < 1.29 is 19.4 Å². The second-order valence-electron chi connectivity index (χ2n) is 3.29. The van der Waals surface area contributed by atoms with E-state index in [1.54, 1.807) is 19.2 Å². The number of rotatable bonds is 6. The van der Waals surface area contributed by atoms with Gasteiger partial charge in [-0.05, 0) is 13.8 Å². The molecule has 0 aliphatic heterocycles. The van der Waals surface area contributed by atoms with Crippen molar-refractivity contribution >= 4 is 23.7 Å². The first kappa shape index (κ1) is 13.6. The third kappa shape index (κ3) is 3.50. The number of nitrogens with zero attached hydrogens (tertiary/aromatic N) is 1. The van der Waals surface area contributed by atoms with Crippen LogP contribution in [0.2, 0.25) is 0 Å². The van der Waals surface area contributed by atoms with Crippen molar-refractivity contribution in [1.29, 1.82) is 0 Å². The van der Waals surface area contributed by atoms with Crippen molar-refractivity contribution in [2.24, 2.45) is 0 Å². The Labute approximate surface area is 103 Å². The number of aryl methyl sites for hydroxylation is 1. The van der Waals surface area contributed by atoms with Gasteiger partial charge < -0.3 is 15.2 Å². The molecule has 2 N–H and O–H groups in total. The fourth-order valence-corrected chi connectivity index (χ4v) is 2.06. The zero-order valence-corrected chi connectivity index (χ0v) is 10.4. The Morgan fingerprint density at radius 2 is 2.47 bits per heavy atom. The Morgan fingerprint density at radius 1 is 1.76 bits per heavy atom. The SMILES string of the molecule is CCOC(=O)C(NC=O)C(O)c1nc(C)cs1. The van der Waals surface area contributed by atoms with Gasteiger partial charge in [-0.1, -0.05) is 0 Å². The van der Waals surface area contributed by atoms with Crippen molar-refractivity contribution in [1.82, 2.24) is 10.3 Å². The van der Waals surface area contributed by atoms with E-state index in [0.717, 1.165) is 5.69 Å². The van der Waals surface area contributed by atoms with E-state index in [4.69, 9.17) is 4.74 Å². The summed E-state index contributed by atoms with van der Waals surface area (Å²) in [5, 5.41) is 14.3. The zero-order valence-electron chi connectivity index (χ0n) is 9.54. The van der Waals surface area contributed by atoms with Crippen LogP contribution in [-0.4, -0.2) is 35.1 Å². The molecule has 0 aromatic carbocycles. The molecule has 0 saturated carbocycles. The van der Waals surface area contributed by atoms with Crippen molar-refractivity contribution in [2.75, 3.05) is 6.61 Å². The summed E-state index contributed by atoms with van der Waals surface area (Å²) in [5.41, 5.74) is 0.748. The van der Waals surface area contributed by atoms with E-state index in [1.807, 2.05) is 0 Å². The highest BCUT2D eigenvalue weighted by atomic mass is 32.1. The predicted octanol–water partition coefficient (Wildman–Crippen LogP) is 0.163.